The molecule has 4 aliphatic heterocycles. The number of urea groups is 1. The van der Waals surface area contributed by atoms with Crippen LogP contribution < -0.4 is 15.0 Å². The zero-order valence-electron chi connectivity index (χ0n) is 37.3. The molecule has 63 heavy (non-hydrogen) atoms. The van der Waals surface area contributed by atoms with Gasteiger partial charge in [-0.15, -0.1) is 0 Å². The lowest BCUT2D eigenvalue weighted by atomic mass is 9.82. The lowest BCUT2D eigenvalue weighted by Crippen LogP contribution is -3.22. The summed E-state index contributed by atoms with van der Waals surface area (Å²) in [5, 5.41) is 3.06. The Hall–Kier alpha value is -5.63. The number of rotatable bonds is 13. The summed E-state index contributed by atoms with van der Waals surface area (Å²) in [5.41, 5.74) is 4.78. The van der Waals surface area contributed by atoms with E-state index in [2.05, 4.69) is 5.32 Å². The average Bonchev–Trinajstić information content (AvgIpc) is 3.46. The molecule has 3 aromatic rings. The number of carbonyl (C=O) groups is 5. The van der Waals surface area contributed by atoms with Crippen molar-refractivity contribution in [3.8, 4) is 5.75 Å². The maximum atomic E-state index is 14.7. The molecule has 0 spiro atoms. The van der Waals surface area contributed by atoms with Crippen LogP contribution >= 0.6 is 0 Å². The summed E-state index contributed by atoms with van der Waals surface area (Å²) in [6.45, 7) is 11.7. The third-order valence-corrected chi connectivity index (χ3v) is 13.5. The van der Waals surface area contributed by atoms with Crippen LogP contribution in [-0.4, -0.2) is 121 Å². The topological polar surface area (TPSA) is 148 Å². The van der Waals surface area contributed by atoms with Gasteiger partial charge < -0.3 is 43.9 Å². The van der Waals surface area contributed by atoms with E-state index in [1.54, 1.807) is 23.6 Å². The van der Waals surface area contributed by atoms with Crippen molar-refractivity contribution in [1.82, 2.24) is 14.7 Å². The highest BCUT2D eigenvalue weighted by atomic mass is 16.6. The van der Waals surface area contributed by atoms with Crippen LogP contribution in [0.4, 0.5) is 15.3 Å². The molecule has 0 aliphatic carbocycles. The van der Waals surface area contributed by atoms with Crippen molar-refractivity contribution in [3.05, 3.63) is 94.5 Å². The van der Waals surface area contributed by atoms with E-state index >= 15 is 0 Å². The van der Waals surface area contributed by atoms with Crippen molar-refractivity contribution in [1.29, 1.82) is 0 Å². The van der Waals surface area contributed by atoms with Crippen molar-refractivity contribution in [2.75, 3.05) is 64.3 Å². The molecule has 4 amide bonds. The van der Waals surface area contributed by atoms with Crippen LogP contribution in [0.25, 0.3) is 0 Å². The number of carbonyl (C=O) groups excluding carboxylic acids is 5. The number of hydrogen-bond donors (Lipinski definition) is 2. The Balaban J connectivity index is 1.05. The molecule has 4 aliphatic rings. The monoisotopic (exact) mass is 866 g/mol. The number of nitrogens with one attached hydrogen (secondary N) is 2. The van der Waals surface area contributed by atoms with Crippen molar-refractivity contribution < 1.29 is 47.8 Å². The van der Waals surface area contributed by atoms with Crippen LogP contribution in [-0.2, 0) is 48.0 Å². The minimum atomic E-state index is -1.12. The van der Waals surface area contributed by atoms with Crippen molar-refractivity contribution >= 4 is 35.7 Å². The summed E-state index contributed by atoms with van der Waals surface area (Å²) in [6.07, 6.45) is 2.37. The number of aryl methyl sites for hydroxylation is 2. The SMILES string of the molecule is CCOC(=O)C1CC[NH+](C2(C(=O)OCC)CCN(C(=O)[C@@H](Cc3cc(C)c(OCc4ccccc4)c(C)c3)OC(=O)N3CCC(N4CCc5ccccc5NC4=O)CC3)CC2)CC1. The molecule has 14 nitrogen and oxygen atoms in total. The molecule has 14 heteroatoms. The van der Waals surface area contributed by atoms with Gasteiger partial charge >= 0.3 is 24.1 Å². The molecule has 7 rings (SSSR count). The average molecular weight is 867 g/mol. The second-order valence-electron chi connectivity index (χ2n) is 17.4. The minimum Gasteiger partial charge on any atom is -0.488 e. The maximum absolute atomic E-state index is 14.7. The lowest BCUT2D eigenvalue weighted by molar-refractivity contribution is -0.949. The first-order valence-electron chi connectivity index (χ1n) is 22.8. The van der Waals surface area contributed by atoms with Crippen LogP contribution in [0.2, 0.25) is 0 Å². The highest BCUT2D eigenvalue weighted by Crippen LogP contribution is 2.30. The molecule has 3 saturated heterocycles. The first kappa shape index (κ1) is 45.4. The van der Waals surface area contributed by atoms with Gasteiger partial charge in [-0.1, -0.05) is 60.7 Å². The lowest BCUT2D eigenvalue weighted by Gasteiger charge is -2.46. The zero-order valence-corrected chi connectivity index (χ0v) is 37.3. The van der Waals surface area contributed by atoms with Gasteiger partial charge in [0.25, 0.3) is 5.91 Å². The van der Waals surface area contributed by atoms with Crippen LogP contribution in [0.1, 0.15) is 80.2 Å². The van der Waals surface area contributed by atoms with Crippen molar-refractivity contribution in [2.45, 2.75) is 103 Å². The highest BCUT2D eigenvalue weighted by molar-refractivity contribution is 5.91. The first-order valence-corrected chi connectivity index (χ1v) is 22.8. The number of hydrogen-bond acceptors (Lipinski definition) is 9. The van der Waals surface area contributed by atoms with Crippen LogP contribution in [0.5, 0.6) is 5.75 Å². The van der Waals surface area contributed by atoms with E-state index in [0.717, 1.165) is 50.6 Å². The predicted octanol–water partition coefficient (Wildman–Crippen LogP) is 5.27. The summed E-state index contributed by atoms with van der Waals surface area (Å²) < 4.78 is 23.5. The van der Waals surface area contributed by atoms with E-state index in [0.29, 0.717) is 84.5 Å². The number of nitrogens with zero attached hydrogens (tertiary/aromatic N) is 3. The molecular formula is C49H64N5O9+. The number of ether oxygens (including phenoxy) is 4. The Morgan fingerprint density at radius 2 is 1.44 bits per heavy atom. The van der Waals surface area contributed by atoms with E-state index in [4.69, 9.17) is 18.9 Å². The van der Waals surface area contributed by atoms with E-state index in [-0.39, 0.29) is 62.0 Å². The molecule has 4 heterocycles. The smallest absolute Gasteiger partial charge is 0.410 e. The number of benzene rings is 3. The van der Waals surface area contributed by atoms with E-state index in [1.165, 1.54) is 0 Å². The molecule has 338 valence electrons. The minimum absolute atomic E-state index is 0.0412. The second kappa shape index (κ2) is 20.7. The molecule has 3 aromatic carbocycles. The highest BCUT2D eigenvalue weighted by Gasteiger charge is 2.53. The molecule has 0 unspecified atom stereocenters. The number of piperidine rings is 3. The fourth-order valence-corrected chi connectivity index (χ4v) is 10.0. The second-order valence-corrected chi connectivity index (χ2v) is 17.4. The number of para-hydroxylation sites is 1. The number of anilines is 1. The summed E-state index contributed by atoms with van der Waals surface area (Å²) in [4.78, 5) is 74.7. The molecule has 0 saturated carbocycles. The van der Waals surface area contributed by atoms with E-state index in [9.17, 15) is 24.0 Å². The first-order chi connectivity index (χ1) is 30.5. The number of quaternary nitrogens is 1. The summed E-state index contributed by atoms with van der Waals surface area (Å²) >= 11 is 0. The molecule has 0 bridgehead atoms. The Morgan fingerprint density at radius 1 is 0.794 bits per heavy atom. The van der Waals surface area contributed by atoms with Gasteiger partial charge in [-0.2, -0.15) is 0 Å². The van der Waals surface area contributed by atoms with E-state index in [1.807, 2.05) is 85.5 Å². The molecule has 2 N–H and O–H groups in total. The fraction of sp³-hybridized carbons (Fsp3) is 0.531. The zero-order chi connectivity index (χ0) is 44.5. The fourth-order valence-electron chi connectivity index (χ4n) is 10.0. The van der Waals surface area contributed by atoms with Crippen LogP contribution in [0, 0.1) is 19.8 Å². The summed E-state index contributed by atoms with van der Waals surface area (Å²) in [6, 6.07) is 21.6. The van der Waals surface area contributed by atoms with Crippen LogP contribution in [0.15, 0.2) is 66.7 Å². The normalized spacial score (nSPS) is 20.7. The summed E-state index contributed by atoms with van der Waals surface area (Å²) in [7, 11) is 0. The maximum Gasteiger partial charge on any atom is 0.410 e. The predicted molar refractivity (Wildman–Crippen MR) is 236 cm³/mol. The Morgan fingerprint density at radius 3 is 2.11 bits per heavy atom. The molecule has 3 fully saturated rings. The third-order valence-electron chi connectivity index (χ3n) is 13.5. The Labute approximate surface area is 371 Å². The van der Waals surface area contributed by atoms with Gasteiger partial charge in [-0.05, 0) is 80.8 Å². The van der Waals surface area contributed by atoms with E-state index < -0.39 is 17.7 Å². The molecule has 1 atom stereocenters. The van der Waals surface area contributed by atoms with Gasteiger partial charge in [-0.25, -0.2) is 14.4 Å². The standard InChI is InChI=1S/C49H63N5O9/c1-5-60-45(56)39-16-25-53(26-17-39)49(46(57)61-6-2)21-28-51(29-22-49)44(55)42(32-37-30-34(3)43(35(4)31-37)62-33-36-12-8-7-9-13-36)63-48(59)52-23-19-40(20-24-52)54-27-18-38-14-10-11-15-41(38)50-47(54)58/h7-15,30-31,39-40,42H,5-6,16-29,32-33H2,1-4H3,(H,50,58)/p+1/t42-/m1/s1. The molecule has 0 aromatic heterocycles. The molecule has 0 radical (unpaired) electrons. The molecular weight excluding hydrogens is 803 g/mol. The van der Waals surface area contributed by atoms with Gasteiger partial charge in [0.05, 0.1) is 32.2 Å². The Bertz CT molecular complexity index is 2070. The van der Waals surface area contributed by atoms with Gasteiger partial charge in [0, 0.05) is 76.6 Å². The van der Waals surface area contributed by atoms with Gasteiger partial charge in [0.15, 0.2) is 11.6 Å². The van der Waals surface area contributed by atoms with Gasteiger partial charge in [-0.3, -0.25) is 9.59 Å². The van der Waals surface area contributed by atoms with Gasteiger partial charge in [0.2, 0.25) is 0 Å². The largest absolute Gasteiger partial charge is 0.488 e. The van der Waals surface area contributed by atoms with Gasteiger partial charge in [0.1, 0.15) is 12.4 Å². The number of fused-ring (bicyclic) bond motifs is 1. The number of amides is 4. The number of esters is 2. The third kappa shape index (κ3) is 10.6. The summed E-state index contributed by atoms with van der Waals surface area (Å²) in [5.74, 6) is -0.210. The Kier molecular flexibility index (Phi) is 14.9. The van der Waals surface area contributed by atoms with Crippen LogP contribution in [0.3, 0.4) is 0 Å². The van der Waals surface area contributed by atoms with Crippen molar-refractivity contribution in [2.24, 2.45) is 5.92 Å². The van der Waals surface area contributed by atoms with Crippen molar-refractivity contribution in [3.63, 3.8) is 0 Å². The quantitative estimate of drug-likeness (QED) is 0.173. The number of likely N-dealkylation sites (tertiary alicyclic amines) is 3.